The highest BCUT2D eigenvalue weighted by Crippen LogP contribution is 2.42. The molecule has 0 saturated heterocycles. The zero-order valence-corrected chi connectivity index (χ0v) is 17.6. The van der Waals surface area contributed by atoms with Crippen molar-refractivity contribution in [3.8, 4) is 0 Å². The summed E-state index contributed by atoms with van der Waals surface area (Å²) in [6.45, 7) is 4.27. The van der Waals surface area contributed by atoms with Crippen LogP contribution < -0.4 is 0 Å². The minimum atomic E-state index is -0.560. The van der Waals surface area contributed by atoms with Gasteiger partial charge >= 0.3 is 0 Å². The molecule has 1 aromatic heterocycles. The first kappa shape index (κ1) is 20.1. The zero-order valence-electron chi connectivity index (χ0n) is 17.6. The van der Waals surface area contributed by atoms with Gasteiger partial charge in [0.25, 0.3) is 0 Å². The zero-order chi connectivity index (χ0) is 21.0. The largest absolute Gasteiger partial charge is 0.396 e. The van der Waals surface area contributed by atoms with Crippen molar-refractivity contribution in [3.63, 3.8) is 0 Å². The van der Waals surface area contributed by atoms with Gasteiger partial charge in [0.2, 0.25) is 0 Å². The molecule has 0 bridgehead atoms. The highest BCUT2D eigenvalue weighted by molar-refractivity contribution is 5.51. The summed E-state index contributed by atoms with van der Waals surface area (Å²) in [4.78, 5) is 4.80. The van der Waals surface area contributed by atoms with Crippen LogP contribution in [-0.4, -0.2) is 21.3 Å². The van der Waals surface area contributed by atoms with Crippen molar-refractivity contribution in [2.45, 2.75) is 31.7 Å². The lowest BCUT2D eigenvalue weighted by molar-refractivity contribution is 0.270. The molecule has 0 aliphatic heterocycles. The Balaban J connectivity index is 2.13. The molecule has 0 saturated carbocycles. The van der Waals surface area contributed by atoms with Gasteiger partial charge < -0.3 is 9.67 Å². The van der Waals surface area contributed by atoms with Crippen molar-refractivity contribution in [3.05, 3.63) is 125 Å². The first-order chi connectivity index (χ1) is 14.7. The molecule has 3 aromatic carbocycles. The number of benzene rings is 3. The maximum atomic E-state index is 9.82. The second-order valence-electron chi connectivity index (χ2n) is 7.69. The fourth-order valence-electron chi connectivity index (χ4n) is 4.48. The van der Waals surface area contributed by atoms with Crippen LogP contribution in [0.4, 0.5) is 0 Å². The predicted molar refractivity (Wildman–Crippen MR) is 122 cm³/mol. The van der Waals surface area contributed by atoms with E-state index in [-0.39, 0.29) is 12.5 Å². The maximum Gasteiger partial charge on any atom is 0.121 e. The van der Waals surface area contributed by atoms with Gasteiger partial charge in [-0.2, -0.15) is 0 Å². The Morgan fingerprint density at radius 2 is 1.23 bits per heavy atom. The number of rotatable bonds is 7. The summed E-state index contributed by atoms with van der Waals surface area (Å²) < 4.78 is 2.31. The van der Waals surface area contributed by atoms with Crippen LogP contribution in [0.25, 0.3) is 0 Å². The lowest BCUT2D eigenvalue weighted by Gasteiger charge is -2.38. The topological polar surface area (TPSA) is 38.1 Å². The van der Waals surface area contributed by atoms with Gasteiger partial charge in [0.15, 0.2) is 0 Å². The molecule has 4 aromatic rings. The first-order valence-corrected chi connectivity index (χ1v) is 10.6. The molecule has 1 N–H and O–H groups in total. The Morgan fingerprint density at radius 3 is 1.60 bits per heavy atom. The van der Waals surface area contributed by atoms with Crippen LogP contribution >= 0.6 is 0 Å². The molecule has 4 rings (SSSR count). The van der Waals surface area contributed by atoms with Crippen LogP contribution in [0.3, 0.4) is 0 Å². The van der Waals surface area contributed by atoms with E-state index in [0.29, 0.717) is 0 Å². The summed E-state index contributed by atoms with van der Waals surface area (Å²) >= 11 is 0. The third-order valence-corrected chi connectivity index (χ3v) is 5.91. The summed E-state index contributed by atoms with van der Waals surface area (Å²) in [6.07, 6.45) is 2.78. The molecule has 1 unspecified atom stereocenters. The van der Waals surface area contributed by atoms with Gasteiger partial charge in [0, 0.05) is 11.6 Å². The van der Waals surface area contributed by atoms with Gasteiger partial charge in [-0.3, -0.25) is 0 Å². The maximum absolute atomic E-state index is 9.82. The van der Waals surface area contributed by atoms with Gasteiger partial charge in [-0.15, -0.1) is 0 Å². The summed E-state index contributed by atoms with van der Waals surface area (Å²) in [7, 11) is 0. The SMILES string of the molecule is CCc1c(C(C)CO)ncn1C(c1ccccc1)(c1ccccc1)c1ccccc1. The number of aromatic nitrogens is 2. The van der Waals surface area contributed by atoms with E-state index >= 15 is 0 Å². The molecule has 0 aliphatic carbocycles. The van der Waals surface area contributed by atoms with Crippen LogP contribution in [0.5, 0.6) is 0 Å². The van der Waals surface area contributed by atoms with E-state index in [4.69, 9.17) is 4.98 Å². The van der Waals surface area contributed by atoms with Crippen molar-refractivity contribution >= 4 is 0 Å². The highest BCUT2D eigenvalue weighted by Gasteiger charge is 2.40. The fourth-order valence-corrected chi connectivity index (χ4v) is 4.48. The molecule has 0 amide bonds. The van der Waals surface area contributed by atoms with E-state index in [1.807, 2.05) is 13.3 Å². The number of aliphatic hydroxyl groups is 1. The van der Waals surface area contributed by atoms with Gasteiger partial charge in [-0.1, -0.05) is 105 Å². The Morgan fingerprint density at radius 1 is 0.800 bits per heavy atom. The molecule has 152 valence electrons. The van der Waals surface area contributed by atoms with Gasteiger partial charge in [-0.05, 0) is 23.1 Å². The molecule has 0 fully saturated rings. The first-order valence-electron chi connectivity index (χ1n) is 10.6. The van der Waals surface area contributed by atoms with E-state index in [1.165, 1.54) is 16.7 Å². The lowest BCUT2D eigenvalue weighted by atomic mass is 9.76. The van der Waals surface area contributed by atoms with E-state index in [0.717, 1.165) is 17.8 Å². The van der Waals surface area contributed by atoms with Crippen molar-refractivity contribution in [2.75, 3.05) is 6.61 Å². The minimum Gasteiger partial charge on any atom is -0.396 e. The second-order valence-corrected chi connectivity index (χ2v) is 7.69. The molecule has 1 heterocycles. The fraction of sp³-hybridized carbons (Fsp3) is 0.222. The molecular formula is C27H28N2O. The monoisotopic (exact) mass is 396 g/mol. The van der Waals surface area contributed by atoms with E-state index in [1.54, 1.807) is 0 Å². The average molecular weight is 397 g/mol. The lowest BCUT2D eigenvalue weighted by Crippen LogP contribution is -2.38. The Kier molecular flexibility index (Phi) is 5.82. The standard InChI is InChI=1S/C27H28N2O/c1-3-25-26(21(2)19-30)28-20-29(25)27(22-13-7-4-8-14-22,23-15-9-5-10-16-23)24-17-11-6-12-18-24/h4-18,20-21,30H,3,19H2,1-2H3. The second kappa shape index (κ2) is 8.68. The molecular weight excluding hydrogens is 368 g/mol. The summed E-state index contributed by atoms with van der Waals surface area (Å²) in [5.41, 5.74) is 5.09. The van der Waals surface area contributed by atoms with Crippen LogP contribution in [0.1, 0.15) is 47.8 Å². The third kappa shape index (κ3) is 3.25. The van der Waals surface area contributed by atoms with E-state index < -0.39 is 5.54 Å². The van der Waals surface area contributed by atoms with Gasteiger partial charge in [-0.25, -0.2) is 4.98 Å². The Bertz CT molecular complexity index is 975. The average Bonchev–Trinajstić information content (AvgIpc) is 3.25. The normalized spacial score (nSPS) is 12.6. The quantitative estimate of drug-likeness (QED) is 0.426. The van der Waals surface area contributed by atoms with E-state index in [9.17, 15) is 5.11 Å². The minimum absolute atomic E-state index is 0.0128. The van der Waals surface area contributed by atoms with Crippen LogP contribution in [0.2, 0.25) is 0 Å². The van der Waals surface area contributed by atoms with Crippen LogP contribution in [-0.2, 0) is 12.0 Å². The van der Waals surface area contributed by atoms with E-state index in [2.05, 4.69) is 102 Å². The molecule has 0 spiro atoms. The van der Waals surface area contributed by atoms with Crippen molar-refractivity contribution < 1.29 is 5.11 Å². The highest BCUT2D eigenvalue weighted by atomic mass is 16.3. The smallest absolute Gasteiger partial charge is 0.121 e. The number of hydrogen-bond donors (Lipinski definition) is 1. The van der Waals surface area contributed by atoms with Crippen molar-refractivity contribution in [2.24, 2.45) is 0 Å². The van der Waals surface area contributed by atoms with Gasteiger partial charge in [0.1, 0.15) is 5.54 Å². The molecule has 30 heavy (non-hydrogen) atoms. The molecule has 3 heteroatoms. The van der Waals surface area contributed by atoms with Crippen molar-refractivity contribution in [1.82, 2.24) is 9.55 Å². The molecule has 0 aliphatic rings. The molecule has 3 nitrogen and oxygen atoms in total. The van der Waals surface area contributed by atoms with Crippen LogP contribution in [0, 0.1) is 0 Å². The van der Waals surface area contributed by atoms with Crippen molar-refractivity contribution in [1.29, 1.82) is 0 Å². The number of aliphatic hydroxyl groups excluding tert-OH is 1. The summed E-state index contributed by atoms with van der Waals surface area (Å²) in [5, 5.41) is 9.82. The molecule has 1 atom stereocenters. The predicted octanol–water partition coefficient (Wildman–Crippen LogP) is 5.38. The Labute approximate surface area is 178 Å². The number of nitrogens with zero attached hydrogens (tertiary/aromatic N) is 2. The van der Waals surface area contributed by atoms with Gasteiger partial charge in [0.05, 0.1) is 18.6 Å². The Hall–Kier alpha value is -3.17. The summed E-state index contributed by atoms with van der Waals surface area (Å²) in [5.74, 6) is -0.0128. The summed E-state index contributed by atoms with van der Waals surface area (Å²) in [6, 6.07) is 31.9. The number of hydrogen-bond acceptors (Lipinski definition) is 2. The number of imidazole rings is 1. The van der Waals surface area contributed by atoms with Crippen LogP contribution in [0.15, 0.2) is 97.3 Å². The molecule has 0 radical (unpaired) electrons. The third-order valence-electron chi connectivity index (χ3n) is 5.91.